The van der Waals surface area contributed by atoms with Crippen molar-refractivity contribution in [2.45, 2.75) is 0 Å². The molecule has 1 heterocycles. The zero-order valence-corrected chi connectivity index (χ0v) is 16.6. The number of carbonyl (C=O) groups is 1. The minimum absolute atomic E-state index is 0.0321. The van der Waals surface area contributed by atoms with E-state index in [0.717, 1.165) is 0 Å². The first-order valence-corrected chi connectivity index (χ1v) is 10.1. The number of hydrogen-bond acceptors (Lipinski definition) is 6. The van der Waals surface area contributed by atoms with Crippen molar-refractivity contribution in [3.8, 4) is 5.75 Å². The first-order chi connectivity index (χ1) is 13.7. The van der Waals surface area contributed by atoms with Crippen molar-refractivity contribution in [3.63, 3.8) is 0 Å². The number of methoxy groups -OCH3 is 1. The number of para-hydroxylation sites is 1. The van der Waals surface area contributed by atoms with Crippen LogP contribution in [0.25, 0.3) is 10.9 Å². The summed E-state index contributed by atoms with van der Waals surface area (Å²) in [6, 6.07) is 16.1. The smallest absolute Gasteiger partial charge is 0.261 e. The first-order valence-electron chi connectivity index (χ1n) is 8.23. The molecule has 1 aromatic heterocycles. The number of hydrogen-bond donors (Lipinski definition) is 3. The summed E-state index contributed by atoms with van der Waals surface area (Å²) in [5, 5.41) is 3.31. The molecule has 0 aliphatic heterocycles. The summed E-state index contributed by atoms with van der Waals surface area (Å²) >= 11 is 0. The van der Waals surface area contributed by atoms with Crippen LogP contribution >= 0.6 is 0 Å². The molecule has 29 heavy (non-hydrogen) atoms. The molecule has 3 aromatic rings. The Labute approximate surface area is 168 Å². The van der Waals surface area contributed by atoms with Crippen LogP contribution in [0.15, 0.2) is 65.8 Å². The van der Waals surface area contributed by atoms with Crippen molar-refractivity contribution in [2.75, 3.05) is 13.4 Å². The lowest BCUT2D eigenvalue weighted by Crippen LogP contribution is -2.36. The summed E-state index contributed by atoms with van der Waals surface area (Å²) in [4.78, 5) is 20.9. The Balaban J connectivity index is 0.000000537. The Hall–Kier alpha value is -3.50. The third kappa shape index (κ3) is 7.20. The lowest BCUT2D eigenvalue weighted by Gasteiger charge is -2.08. The van der Waals surface area contributed by atoms with Gasteiger partial charge in [-0.3, -0.25) is 19.6 Å². The van der Waals surface area contributed by atoms with Crippen LogP contribution in [0.3, 0.4) is 0 Å². The Morgan fingerprint density at radius 2 is 1.83 bits per heavy atom. The fraction of sp³-hybridized carbons (Fsp3) is 0.105. The van der Waals surface area contributed by atoms with Gasteiger partial charge in [-0.2, -0.15) is 8.42 Å². The number of aliphatic imine (C=N–C) groups is 1. The fourth-order valence-electron chi connectivity index (χ4n) is 2.31. The first kappa shape index (κ1) is 21.8. The third-order valence-electron chi connectivity index (χ3n) is 3.44. The summed E-state index contributed by atoms with van der Waals surface area (Å²) < 4.78 is 31.0. The molecule has 0 spiro atoms. The van der Waals surface area contributed by atoms with Gasteiger partial charge in [0.05, 0.1) is 30.1 Å². The van der Waals surface area contributed by atoms with Crippen molar-refractivity contribution in [3.05, 3.63) is 66.4 Å². The van der Waals surface area contributed by atoms with E-state index in [2.05, 4.69) is 15.3 Å². The summed E-state index contributed by atoms with van der Waals surface area (Å²) in [5.74, 6) is 0.368. The molecule has 4 N–H and O–H groups in total. The largest absolute Gasteiger partial charge is 0.497 e. The minimum Gasteiger partial charge on any atom is -0.497 e. The number of rotatable bonds is 3. The topological polar surface area (TPSA) is 144 Å². The number of aromatic nitrogens is 1. The molecule has 1 amide bonds. The number of nitrogens with two attached hydrogens (primary N) is 1. The van der Waals surface area contributed by atoms with Gasteiger partial charge in [-0.25, -0.2) is 4.99 Å². The van der Waals surface area contributed by atoms with Crippen LogP contribution in [0.1, 0.15) is 10.4 Å². The fourth-order valence-corrected chi connectivity index (χ4v) is 2.31. The van der Waals surface area contributed by atoms with Crippen LogP contribution in [0.5, 0.6) is 5.75 Å². The number of pyridine rings is 1. The van der Waals surface area contributed by atoms with Gasteiger partial charge >= 0.3 is 0 Å². The molecule has 3 rings (SSSR count). The average molecular weight is 416 g/mol. The highest BCUT2D eigenvalue weighted by atomic mass is 32.2. The maximum atomic E-state index is 12.5. The maximum Gasteiger partial charge on any atom is 0.261 e. The highest BCUT2D eigenvalue weighted by molar-refractivity contribution is 7.85. The van der Waals surface area contributed by atoms with Gasteiger partial charge in [-0.15, -0.1) is 0 Å². The van der Waals surface area contributed by atoms with E-state index in [4.69, 9.17) is 15.0 Å². The Morgan fingerprint density at radius 3 is 2.45 bits per heavy atom. The monoisotopic (exact) mass is 416 g/mol. The van der Waals surface area contributed by atoms with Gasteiger partial charge in [0.2, 0.25) is 5.96 Å². The molecule has 9 nitrogen and oxygen atoms in total. The Bertz CT molecular complexity index is 1120. The lowest BCUT2D eigenvalue weighted by atomic mass is 10.1. The van der Waals surface area contributed by atoms with E-state index in [1.54, 1.807) is 49.7 Å². The minimum atomic E-state index is -3.67. The predicted octanol–water partition coefficient (Wildman–Crippen LogP) is 2.12. The molecule has 0 atom stereocenters. The van der Waals surface area contributed by atoms with E-state index in [1.165, 1.54) is 0 Å². The standard InChI is InChI=1S/C18H16N4O2.CH4O3S/c1-24-13-7-8-14-15(9-10-20-16(14)11-13)17(23)22-18(19)21-12-5-3-2-4-6-12;1-5(2,3)4/h2-11H,1H3,(H3,19,21,22,23);1H3,(H,2,3,4). The van der Waals surface area contributed by atoms with Crippen molar-refractivity contribution < 1.29 is 22.5 Å². The van der Waals surface area contributed by atoms with Crippen LogP contribution in [-0.2, 0) is 10.1 Å². The van der Waals surface area contributed by atoms with Gasteiger partial charge in [-0.1, -0.05) is 18.2 Å². The quantitative estimate of drug-likeness (QED) is 0.337. The van der Waals surface area contributed by atoms with E-state index in [-0.39, 0.29) is 11.9 Å². The number of nitrogens with zero attached hydrogens (tertiary/aromatic N) is 2. The number of ether oxygens (including phenoxy) is 1. The van der Waals surface area contributed by atoms with Crippen LogP contribution in [-0.4, -0.2) is 43.2 Å². The van der Waals surface area contributed by atoms with Crippen molar-refractivity contribution >= 4 is 38.6 Å². The van der Waals surface area contributed by atoms with Gasteiger partial charge in [0.15, 0.2) is 0 Å². The van der Waals surface area contributed by atoms with Gasteiger partial charge in [0.25, 0.3) is 16.0 Å². The second kappa shape index (κ2) is 9.62. The number of amides is 1. The van der Waals surface area contributed by atoms with Crippen molar-refractivity contribution in [1.29, 1.82) is 0 Å². The highest BCUT2D eigenvalue weighted by Crippen LogP contribution is 2.22. The molecule has 0 aliphatic carbocycles. The van der Waals surface area contributed by atoms with Gasteiger partial charge < -0.3 is 10.5 Å². The maximum absolute atomic E-state index is 12.5. The number of carbonyl (C=O) groups excluding carboxylic acids is 1. The number of fused-ring (bicyclic) bond motifs is 1. The van der Waals surface area contributed by atoms with Crippen LogP contribution in [0.4, 0.5) is 5.69 Å². The van der Waals surface area contributed by atoms with Gasteiger partial charge in [0.1, 0.15) is 5.75 Å². The molecule has 0 aliphatic rings. The molecule has 0 saturated carbocycles. The molecule has 10 heteroatoms. The Morgan fingerprint density at radius 1 is 1.17 bits per heavy atom. The molecule has 0 radical (unpaired) electrons. The van der Waals surface area contributed by atoms with Crippen molar-refractivity contribution in [2.24, 2.45) is 10.7 Å². The second-order valence-corrected chi connectivity index (χ2v) is 7.23. The van der Waals surface area contributed by atoms with Crippen molar-refractivity contribution in [1.82, 2.24) is 10.3 Å². The zero-order valence-electron chi connectivity index (χ0n) is 15.7. The second-order valence-electron chi connectivity index (χ2n) is 5.76. The average Bonchev–Trinajstić information content (AvgIpc) is 2.66. The lowest BCUT2D eigenvalue weighted by molar-refractivity contribution is 0.0978. The normalized spacial score (nSPS) is 11.3. The molecular formula is C19H20N4O5S. The SMILES string of the molecule is COc1ccc2c(C(=O)NC(N)=Nc3ccccc3)ccnc2c1.CS(=O)(=O)O. The molecule has 0 fully saturated rings. The Kier molecular flexibility index (Phi) is 7.23. The van der Waals surface area contributed by atoms with E-state index in [1.807, 2.05) is 18.2 Å². The third-order valence-corrected chi connectivity index (χ3v) is 3.44. The summed E-state index contributed by atoms with van der Waals surface area (Å²) in [5.41, 5.74) is 7.62. The molecule has 0 saturated heterocycles. The van der Waals surface area contributed by atoms with Crippen LogP contribution in [0.2, 0.25) is 0 Å². The number of nitrogens with one attached hydrogen (secondary N) is 1. The van der Waals surface area contributed by atoms with E-state index in [0.29, 0.717) is 34.2 Å². The zero-order chi connectivity index (χ0) is 21.4. The van der Waals surface area contributed by atoms with Crippen LogP contribution < -0.4 is 15.8 Å². The highest BCUT2D eigenvalue weighted by Gasteiger charge is 2.12. The van der Waals surface area contributed by atoms with E-state index >= 15 is 0 Å². The summed E-state index contributed by atoms with van der Waals surface area (Å²) in [7, 11) is -2.08. The van der Waals surface area contributed by atoms with Gasteiger partial charge in [-0.05, 0) is 30.3 Å². The molecular weight excluding hydrogens is 396 g/mol. The van der Waals surface area contributed by atoms with E-state index in [9.17, 15) is 13.2 Å². The number of guanidine groups is 1. The number of benzene rings is 2. The molecule has 152 valence electrons. The summed E-state index contributed by atoms with van der Waals surface area (Å²) in [6.45, 7) is 0. The predicted molar refractivity (Wildman–Crippen MR) is 111 cm³/mol. The summed E-state index contributed by atoms with van der Waals surface area (Å²) in [6.07, 6.45) is 2.29. The van der Waals surface area contributed by atoms with Crippen LogP contribution in [0, 0.1) is 0 Å². The molecule has 2 aromatic carbocycles. The van der Waals surface area contributed by atoms with E-state index < -0.39 is 10.1 Å². The molecule has 0 unspecified atom stereocenters. The molecule has 0 bridgehead atoms. The van der Waals surface area contributed by atoms with Gasteiger partial charge in [0, 0.05) is 17.6 Å².